The van der Waals surface area contributed by atoms with Gasteiger partial charge in [0.1, 0.15) is 22.1 Å². The number of aromatic nitrogens is 1. The lowest BCUT2D eigenvalue weighted by molar-refractivity contribution is 0.0958. The van der Waals surface area contributed by atoms with Crippen LogP contribution in [-0.2, 0) is 11.0 Å². The normalized spacial score (nSPS) is 14.7. The van der Waals surface area contributed by atoms with Crippen LogP contribution in [-0.4, -0.2) is 28.2 Å². The van der Waals surface area contributed by atoms with Gasteiger partial charge in [-0.25, -0.2) is 13.6 Å². The molecule has 29 heavy (non-hydrogen) atoms. The van der Waals surface area contributed by atoms with E-state index in [1.54, 1.807) is 19.9 Å². The summed E-state index contributed by atoms with van der Waals surface area (Å²) in [6.07, 6.45) is 1.05. The van der Waals surface area contributed by atoms with E-state index in [2.05, 4.69) is 9.71 Å². The van der Waals surface area contributed by atoms with Crippen molar-refractivity contribution in [2.45, 2.75) is 25.2 Å². The van der Waals surface area contributed by atoms with Crippen molar-refractivity contribution in [1.29, 1.82) is 0 Å². The molecule has 10 heteroatoms. The second-order valence-electron chi connectivity index (χ2n) is 6.84. The smallest absolute Gasteiger partial charge is 0.298 e. The van der Waals surface area contributed by atoms with E-state index in [1.165, 1.54) is 12.1 Å². The number of carbonyl (C=O) groups is 1. The molecule has 0 saturated carbocycles. The molecule has 1 unspecified atom stereocenters. The number of furan rings is 1. The highest BCUT2D eigenvalue weighted by Gasteiger charge is 2.23. The fourth-order valence-corrected chi connectivity index (χ4v) is 4.39. The minimum atomic E-state index is -2.02. The molecule has 1 atom stereocenters. The van der Waals surface area contributed by atoms with E-state index in [9.17, 15) is 13.4 Å². The summed E-state index contributed by atoms with van der Waals surface area (Å²) in [5.74, 6) is -1.39. The second-order valence-corrected chi connectivity index (χ2v) is 8.37. The van der Waals surface area contributed by atoms with Crippen molar-refractivity contribution in [3.63, 3.8) is 0 Å². The van der Waals surface area contributed by atoms with Gasteiger partial charge in [-0.2, -0.15) is 0 Å². The molecule has 3 aromatic rings. The minimum Gasteiger partial charge on any atom is -0.451 e. The molecule has 4 rings (SSSR count). The van der Waals surface area contributed by atoms with Crippen molar-refractivity contribution in [3.05, 3.63) is 46.1 Å². The molecule has 152 valence electrons. The largest absolute Gasteiger partial charge is 0.451 e. The zero-order valence-corrected chi connectivity index (χ0v) is 17.3. The Morgan fingerprint density at radius 1 is 1.34 bits per heavy atom. The third kappa shape index (κ3) is 3.44. The highest BCUT2D eigenvalue weighted by molar-refractivity contribution is 7.84. The van der Waals surface area contributed by atoms with Crippen LogP contribution < -0.4 is 15.4 Å². The average Bonchev–Trinajstić information content (AvgIpc) is 3.03. The Labute approximate surface area is 173 Å². The summed E-state index contributed by atoms with van der Waals surface area (Å²) in [4.78, 5) is 18.7. The Kier molecular flexibility index (Phi) is 4.95. The van der Waals surface area contributed by atoms with Crippen molar-refractivity contribution in [1.82, 2.24) is 9.71 Å². The zero-order chi connectivity index (χ0) is 20.9. The summed E-state index contributed by atoms with van der Waals surface area (Å²) in [5.41, 5.74) is 7.77. The van der Waals surface area contributed by atoms with Crippen LogP contribution in [0.2, 0.25) is 5.02 Å². The zero-order valence-electron chi connectivity index (χ0n) is 15.7. The van der Waals surface area contributed by atoms with Crippen molar-refractivity contribution in [3.8, 4) is 0 Å². The van der Waals surface area contributed by atoms with Gasteiger partial charge in [0.15, 0.2) is 16.7 Å². The molecule has 1 saturated heterocycles. The number of aryl methyl sites for hydroxylation is 1. The molecule has 0 spiro atoms. The number of carbonyl (C=O) groups excluding carboxylic acids is 1. The third-order valence-corrected chi connectivity index (χ3v) is 6.71. The van der Waals surface area contributed by atoms with E-state index in [0.29, 0.717) is 22.0 Å². The Bertz CT molecular complexity index is 1180. The molecular formula is C19H18ClFN4O3S. The summed E-state index contributed by atoms with van der Waals surface area (Å²) in [6.45, 7) is 5.02. The Morgan fingerprint density at radius 3 is 2.72 bits per heavy atom. The first-order valence-corrected chi connectivity index (χ1v) is 10.4. The Hall–Kier alpha value is -2.65. The number of amides is 1. The first kappa shape index (κ1) is 19.7. The van der Waals surface area contributed by atoms with Crippen molar-refractivity contribution in [2.75, 3.05) is 23.7 Å². The first-order valence-electron chi connectivity index (χ1n) is 8.89. The van der Waals surface area contributed by atoms with Gasteiger partial charge in [0.25, 0.3) is 5.91 Å². The molecule has 3 N–H and O–H groups in total. The van der Waals surface area contributed by atoms with E-state index < -0.39 is 22.7 Å². The molecule has 0 radical (unpaired) electrons. The summed E-state index contributed by atoms with van der Waals surface area (Å²) in [6, 6.07) is 4.39. The molecular weight excluding hydrogens is 419 g/mol. The number of halogens is 2. The number of hydrogen-bond acceptors (Lipinski definition) is 6. The van der Waals surface area contributed by atoms with Gasteiger partial charge in [-0.15, -0.1) is 0 Å². The van der Waals surface area contributed by atoms with Gasteiger partial charge >= 0.3 is 0 Å². The van der Waals surface area contributed by atoms with Crippen LogP contribution >= 0.6 is 11.6 Å². The predicted molar refractivity (Wildman–Crippen MR) is 110 cm³/mol. The van der Waals surface area contributed by atoms with Gasteiger partial charge in [0.05, 0.1) is 16.1 Å². The third-order valence-electron chi connectivity index (χ3n) is 4.90. The predicted octanol–water partition coefficient (Wildman–Crippen LogP) is 3.48. The van der Waals surface area contributed by atoms with Crippen LogP contribution in [0.5, 0.6) is 0 Å². The topological polar surface area (TPSA) is 101 Å². The monoisotopic (exact) mass is 436 g/mol. The minimum absolute atomic E-state index is 0.0119. The number of nitrogens with one attached hydrogen (secondary N) is 1. The number of nitrogens with zero attached hydrogens (tertiary/aromatic N) is 2. The Balaban J connectivity index is 1.62. The van der Waals surface area contributed by atoms with Crippen LogP contribution in [0, 0.1) is 19.7 Å². The molecule has 2 aromatic heterocycles. The lowest BCUT2D eigenvalue weighted by Gasteiger charge is -2.33. The van der Waals surface area contributed by atoms with Crippen LogP contribution in [0.4, 0.5) is 15.9 Å². The van der Waals surface area contributed by atoms with Gasteiger partial charge in [-0.05, 0) is 31.9 Å². The van der Waals surface area contributed by atoms with E-state index in [4.69, 9.17) is 21.8 Å². The molecule has 1 aliphatic rings. The number of benzene rings is 1. The lowest BCUT2D eigenvalue weighted by atomic mass is 10.1. The standard InChI is InChI=1S/C19H18ClFN4O3S/c1-9-16(20)10(2)23-18(22)17(9)29(27)24-19(26)15-8-12-13(21)6-11(7-14(12)28-15)25-4-3-5-25/h6-8H,3-5H2,1-2H3,(H2,22,23)(H,24,26). The second kappa shape index (κ2) is 7.31. The van der Waals surface area contributed by atoms with Gasteiger partial charge < -0.3 is 15.1 Å². The van der Waals surface area contributed by atoms with Gasteiger partial charge in [0, 0.05) is 30.9 Å². The summed E-state index contributed by atoms with van der Waals surface area (Å²) in [5, 5.41) is 0.502. The molecule has 7 nitrogen and oxygen atoms in total. The number of rotatable bonds is 4. The summed E-state index contributed by atoms with van der Waals surface area (Å²) >= 11 is 6.15. The van der Waals surface area contributed by atoms with Crippen LogP contribution in [0.3, 0.4) is 0 Å². The van der Waals surface area contributed by atoms with Crippen LogP contribution in [0.15, 0.2) is 27.5 Å². The number of hydrogen-bond donors (Lipinski definition) is 2. The van der Waals surface area contributed by atoms with Crippen LogP contribution in [0.1, 0.15) is 28.2 Å². The van der Waals surface area contributed by atoms with Gasteiger partial charge in [0.2, 0.25) is 0 Å². The van der Waals surface area contributed by atoms with Crippen molar-refractivity contribution in [2.24, 2.45) is 0 Å². The maximum absolute atomic E-state index is 14.4. The SMILES string of the molecule is Cc1nc(N)c(S(=O)NC(=O)c2cc3c(F)cc(N4CCC4)cc3o2)c(C)c1Cl. The van der Waals surface area contributed by atoms with E-state index in [-0.39, 0.29) is 27.4 Å². The van der Waals surface area contributed by atoms with E-state index >= 15 is 0 Å². The lowest BCUT2D eigenvalue weighted by Crippen LogP contribution is -2.36. The highest BCUT2D eigenvalue weighted by atomic mass is 35.5. The number of pyridine rings is 1. The molecule has 1 aliphatic heterocycles. The number of anilines is 2. The summed E-state index contributed by atoms with van der Waals surface area (Å²) in [7, 11) is -2.02. The van der Waals surface area contributed by atoms with Gasteiger partial charge in [-0.3, -0.25) is 9.52 Å². The summed E-state index contributed by atoms with van der Waals surface area (Å²) < 4.78 is 35.0. The first-order chi connectivity index (χ1) is 13.8. The Morgan fingerprint density at radius 2 is 2.07 bits per heavy atom. The van der Waals surface area contributed by atoms with E-state index in [0.717, 1.165) is 19.5 Å². The maximum atomic E-state index is 14.4. The fraction of sp³-hybridized carbons (Fsp3) is 0.263. The van der Waals surface area contributed by atoms with Gasteiger partial charge in [-0.1, -0.05) is 11.6 Å². The van der Waals surface area contributed by atoms with Crippen molar-refractivity contribution < 1.29 is 17.8 Å². The number of nitrogen functional groups attached to an aromatic ring is 1. The molecule has 1 aromatic carbocycles. The number of fused-ring (bicyclic) bond motifs is 1. The maximum Gasteiger partial charge on any atom is 0.298 e. The molecule has 1 fully saturated rings. The van der Waals surface area contributed by atoms with Crippen molar-refractivity contribution >= 4 is 51.0 Å². The number of nitrogens with two attached hydrogens (primary N) is 1. The van der Waals surface area contributed by atoms with Crippen LogP contribution in [0.25, 0.3) is 11.0 Å². The highest BCUT2D eigenvalue weighted by Crippen LogP contribution is 2.31. The average molecular weight is 437 g/mol. The molecule has 1 amide bonds. The molecule has 0 bridgehead atoms. The molecule has 3 heterocycles. The van der Waals surface area contributed by atoms with E-state index in [1.807, 2.05) is 4.90 Å². The fourth-order valence-electron chi connectivity index (χ4n) is 3.21. The quantitative estimate of drug-likeness (QED) is 0.649. The molecule has 0 aliphatic carbocycles.